The Morgan fingerprint density at radius 3 is 2.38 bits per heavy atom. The summed E-state index contributed by atoms with van der Waals surface area (Å²) in [4.78, 5) is 22.9. The van der Waals surface area contributed by atoms with Gasteiger partial charge in [0.25, 0.3) is 0 Å². The molecule has 2 N–H and O–H groups in total. The van der Waals surface area contributed by atoms with E-state index in [0.717, 1.165) is 11.1 Å². The van der Waals surface area contributed by atoms with Crippen molar-refractivity contribution in [3.63, 3.8) is 0 Å². The van der Waals surface area contributed by atoms with Crippen molar-refractivity contribution in [2.45, 2.75) is 32.9 Å². The normalized spacial score (nSPS) is 10.5. The second kappa shape index (κ2) is 8.15. The Balaban J connectivity index is 1.93. The third-order valence-corrected chi connectivity index (χ3v) is 3.38. The Hall–Kier alpha value is -2.82. The number of carbonyl (C=O) groups is 2. The van der Waals surface area contributed by atoms with E-state index in [1.165, 1.54) is 12.1 Å². The van der Waals surface area contributed by atoms with Crippen LogP contribution in [0.3, 0.4) is 0 Å². The molecule has 1 amide bonds. The topological polar surface area (TPSA) is 75.6 Å². The van der Waals surface area contributed by atoms with Crippen LogP contribution >= 0.6 is 0 Å². The van der Waals surface area contributed by atoms with E-state index in [1.807, 2.05) is 38.1 Å². The molecular weight excluding hydrogens is 306 g/mol. The molecule has 0 spiro atoms. The first kappa shape index (κ1) is 17.5. The van der Waals surface area contributed by atoms with Gasteiger partial charge in [0.1, 0.15) is 5.75 Å². The maximum atomic E-state index is 12.1. The van der Waals surface area contributed by atoms with Gasteiger partial charge < -0.3 is 15.2 Å². The van der Waals surface area contributed by atoms with Gasteiger partial charge in [-0.05, 0) is 37.6 Å². The highest BCUT2D eigenvalue weighted by Gasteiger charge is 2.10. The fourth-order valence-electron chi connectivity index (χ4n) is 2.22. The molecule has 0 aliphatic carbocycles. The van der Waals surface area contributed by atoms with Gasteiger partial charge in [-0.25, -0.2) is 4.79 Å². The minimum Gasteiger partial charge on any atom is -0.491 e. The molecule has 0 fully saturated rings. The smallest absolute Gasteiger partial charge is 0.335 e. The van der Waals surface area contributed by atoms with Crippen molar-refractivity contribution in [3.05, 3.63) is 65.2 Å². The SMILES string of the molecule is CC(C)Oc1ccccc1CC(=O)NCc1ccc(C(=O)O)cc1. The minimum atomic E-state index is -0.965. The average Bonchev–Trinajstić information content (AvgIpc) is 2.54. The molecule has 2 aromatic rings. The van der Waals surface area contributed by atoms with Gasteiger partial charge in [0.15, 0.2) is 0 Å². The van der Waals surface area contributed by atoms with Crippen LogP contribution < -0.4 is 10.1 Å². The zero-order chi connectivity index (χ0) is 17.5. The van der Waals surface area contributed by atoms with Crippen LogP contribution in [0.15, 0.2) is 48.5 Å². The molecule has 126 valence electrons. The number of carboxylic acid groups (broad SMARTS) is 1. The molecule has 0 saturated carbocycles. The summed E-state index contributed by atoms with van der Waals surface area (Å²) in [5.41, 5.74) is 1.91. The highest BCUT2D eigenvalue weighted by Crippen LogP contribution is 2.19. The summed E-state index contributed by atoms with van der Waals surface area (Å²) >= 11 is 0. The maximum absolute atomic E-state index is 12.1. The molecule has 0 aliphatic heterocycles. The summed E-state index contributed by atoms with van der Waals surface area (Å²) in [7, 11) is 0. The van der Waals surface area contributed by atoms with Crippen LogP contribution in [-0.4, -0.2) is 23.1 Å². The summed E-state index contributed by atoms with van der Waals surface area (Å²) < 4.78 is 5.71. The lowest BCUT2D eigenvalue weighted by Crippen LogP contribution is -2.25. The van der Waals surface area contributed by atoms with Crippen LogP contribution in [0, 0.1) is 0 Å². The van der Waals surface area contributed by atoms with Crippen molar-refractivity contribution >= 4 is 11.9 Å². The Labute approximate surface area is 141 Å². The van der Waals surface area contributed by atoms with Crippen LogP contribution in [0.5, 0.6) is 5.75 Å². The van der Waals surface area contributed by atoms with E-state index in [1.54, 1.807) is 12.1 Å². The first-order valence-electron chi connectivity index (χ1n) is 7.79. The van der Waals surface area contributed by atoms with Crippen molar-refractivity contribution in [2.24, 2.45) is 0 Å². The number of hydrogen-bond acceptors (Lipinski definition) is 3. The molecule has 0 unspecified atom stereocenters. The highest BCUT2D eigenvalue weighted by atomic mass is 16.5. The maximum Gasteiger partial charge on any atom is 0.335 e. The first-order chi connectivity index (χ1) is 11.5. The molecule has 5 nitrogen and oxygen atoms in total. The van der Waals surface area contributed by atoms with E-state index < -0.39 is 5.97 Å². The van der Waals surface area contributed by atoms with E-state index in [-0.39, 0.29) is 24.0 Å². The molecule has 0 bridgehead atoms. The number of carbonyl (C=O) groups excluding carboxylic acids is 1. The summed E-state index contributed by atoms with van der Waals surface area (Å²) in [5, 5.41) is 11.7. The molecule has 5 heteroatoms. The van der Waals surface area contributed by atoms with E-state index in [4.69, 9.17) is 9.84 Å². The molecule has 0 aliphatic rings. The van der Waals surface area contributed by atoms with Gasteiger partial charge in [0.2, 0.25) is 5.91 Å². The number of ether oxygens (including phenoxy) is 1. The number of benzene rings is 2. The van der Waals surface area contributed by atoms with E-state index in [0.29, 0.717) is 12.3 Å². The number of hydrogen-bond donors (Lipinski definition) is 2. The van der Waals surface area contributed by atoms with E-state index in [2.05, 4.69) is 5.32 Å². The second-order valence-corrected chi connectivity index (χ2v) is 5.73. The lowest BCUT2D eigenvalue weighted by atomic mass is 10.1. The van der Waals surface area contributed by atoms with Crippen LogP contribution in [0.25, 0.3) is 0 Å². The fraction of sp³-hybridized carbons (Fsp3) is 0.263. The molecule has 24 heavy (non-hydrogen) atoms. The fourth-order valence-corrected chi connectivity index (χ4v) is 2.22. The van der Waals surface area contributed by atoms with Crippen molar-refractivity contribution in [3.8, 4) is 5.75 Å². The number of para-hydroxylation sites is 1. The Bertz CT molecular complexity index is 708. The van der Waals surface area contributed by atoms with Crippen LogP contribution in [0.4, 0.5) is 0 Å². The van der Waals surface area contributed by atoms with Crippen LogP contribution in [0.1, 0.15) is 35.3 Å². The number of rotatable bonds is 7. The largest absolute Gasteiger partial charge is 0.491 e. The molecule has 2 aromatic carbocycles. The predicted molar refractivity (Wildman–Crippen MR) is 91.2 cm³/mol. The third-order valence-electron chi connectivity index (χ3n) is 3.38. The Morgan fingerprint density at radius 1 is 1.08 bits per heavy atom. The average molecular weight is 327 g/mol. The summed E-state index contributed by atoms with van der Waals surface area (Å²) in [6.07, 6.45) is 0.276. The predicted octanol–water partition coefficient (Wildman–Crippen LogP) is 3.03. The van der Waals surface area contributed by atoms with Gasteiger partial charge >= 0.3 is 5.97 Å². The summed E-state index contributed by atoms with van der Waals surface area (Å²) in [6.45, 7) is 4.24. The molecule has 2 rings (SSSR count). The molecule has 0 atom stereocenters. The van der Waals surface area contributed by atoms with Crippen molar-refractivity contribution in [1.29, 1.82) is 0 Å². The summed E-state index contributed by atoms with van der Waals surface area (Å²) in [5.74, 6) is -0.363. The lowest BCUT2D eigenvalue weighted by Gasteiger charge is -2.14. The first-order valence-corrected chi connectivity index (χ1v) is 7.79. The third kappa shape index (κ3) is 5.12. The molecular formula is C19H21NO4. The molecule has 0 saturated heterocycles. The number of nitrogens with one attached hydrogen (secondary N) is 1. The second-order valence-electron chi connectivity index (χ2n) is 5.73. The standard InChI is InChI=1S/C19H21NO4/c1-13(2)24-17-6-4-3-5-16(17)11-18(21)20-12-14-7-9-15(10-8-14)19(22)23/h3-10,13H,11-12H2,1-2H3,(H,20,21)(H,22,23). The monoisotopic (exact) mass is 327 g/mol. The number of amides is 1. The molecule has 0 radical (unpaired) electrons. The quantitative estimate of drug-likeness (QED) is 0.819. The van der Waals surface area contributed by atoms with Gasteiger partial charge in [-0.15, -0.1) is 0 Å². The van der Waals surface area contributed by atoms with Crippen molar-refractivity contribution in [1.82, 2.24) is 5.32 Å². The Kier molecular flexibility index (Phi) is 5.95. The van der Waals surface area contributed by atoms with E-state index in [9.17, 15) is 9.59 Å². The van der Waals surface area contributed by atoms with Crippen molar-refractivity contribution < 1.29 is 19.4 Å². The minimum absolute atomic E-state index is 0.0435. The van der Waals surface area contributed by atoms with E-state index >= 15 is 0 Å². The number of aromatic carboxylic acids is 1. The number of carboxylic acids is 1. The van der Waals surface area contributed by atoms with Gasteiger partial charge in [0.05, 0.1) is 18.1 Å². The molecule has 0 aromatic heterocycles. The molecule has 0 heterocycles. The van der Waals surface area contributed by atoms with Crippen molar-refractivity contribution in [2.75, 3.05) is 0 Å². The zero-order valence-corrected chi connectivity index (χ0v) is 13.8. The summed E-state index contributed by atoms with van der Waals surface area (Å²) in [6, 6.07) is 13.9. The zero-order valence-electron chi connectivity index (χ0n) is 13.8. The Morgan fingerprint density at radius 2 is 1.75 bits per heavy atom. The van der Waals surface area contributed by atoms with Gasteiger partial charge in [-0.3, -0.25) is 4.79 Å². The van der Waals surface area contributed by atoms with Crippen LogP contribution in [-0.2, 0) is 17.8 Å². The van der Waals surface area contributed by atoms with Gasteiger partial charge in [-0.2, -0.15) is 0 Å². The van der Waals surface area contributed by atoms with Gasteiger partial charge in [0, 0.05) is 12.1 Å². The van der Waals surface area contributed by atoms with Gasteiger partial charge in [-0.1, -0.05) is 30.3 Å². The lowest BCUT2D eigenvalue weighted by molar-refractivity contribution is -0.120. The highest BCUT2D eigenvalue weighted by molar-refractivity contribution is 5.87. The van der Waals surface area contributed by atoms with Crippen LogP contribution in [0.2, 0.25) is 0 Å².